The molecule has 0 aromatic carbocycles. The topological polar surface area (TPSA) is 88.1 Å². The SMILES string of the molecule is C=C(C)C(=O)OCCCC.C=C(C)C(=O)OCCCOC.C=CC(=O)OCCCC. The van der Waals surface area contributed by atoms with Crippen LogP contribution in [0, 0.1) is 0 Å². The van der Waals surface area contributed by atoms with E-state index in [2.05, 4.69) is 31.4 Å². The minimum atomic E-state index is -0.332. The molecule has 0 fully saturated rings. The minimum Gasteiger partial charge on any atom is -0.463 e. The van der Waals surface area contributed by atoms with Gasteiger partial charge in [0.2, 0.25) is 0 Å². The van der Waals surface area contributed by atoms with E-state index in [-0.39, 0.29) is 17.9 Å². The second-order valence-corrected chi connectivity index (χ2v) is 6.26. The van der Waals surface area contributed by atoms with Gasteiger partial charge in [-0.2, -0.15) is 0 Å². The van der Waals surface area contributed by atoms with Gasteiger partial charge < -0.3 is 18.9 Å². The lowest BCUT2D eigenvalue weighted by Crippen LogP contribution is -2.07. The fourth-order valence-electron chi connectivity index (χ4n) is 1.30. The third kappa shape index (κ3) is 27.8. The van der Waals surface area contributed by atoms with Crippen LogP contribution in [0.15, 0.2) is 37.0 Å². The summed E-state index contributed by atoms with van der Waals surface area (Å²) in [5.74, 6) is -0.946. The molecular formula is C23H40O7. The van der Waals surface area contributed by atoms with E-state index in [0.717, 1.165) is 32.1 Å². The van der Waals surface area contributed by atoms with E-state index in [1.54, 1.807) is 21.0 Å². The first-order valence-electron chi connectivity index (χ1n) is 10.1. The molecule has 0 radical (unpaired) electrons. The quantitative estimate of drug-likeness (QED) is 0.184. The molecule has 7 heteroatoms. The first-order valence-corrected chi connectivity index (χ1v) is 10.1. The monoisotopic (exact) mass is 428 g/mol. The third-order valence-electron chi connectivity index (χ3n) is 3.06. The molecule has 0 heterocycles. The maximum atomic E-state index is 10.7. The van der Waals surface area contributed by atoms with Crippen molar-refractivity contribution in [3.63, 3.8) is 0 Å². The highest BCUT2D eigenvalue weighted by Crippen LogP contribution is 1.95. The van der Waals surface area contributed by atoms with E-state index < -0.39 is 0 Å². The molecule has 0 aliphatic carbocycles. The van der Waals surface area contributed by atoms with Crippen LogP contribution in [-0.2, 0) is 33.3 Å². The first kappa shape index (κ1) is 32.3. The summed E-state index contributed by atoms with van der Waals surface area (Å²) in [4.78, 5) is 31.8. The number of carbonyl (C=O) groups is 3. The van der Waals surface area contributed by atoms with Gasteiger partial charge >= 0.3 is 17.9 Å². The number of hydrogen-bond acceptors (Lipinski definition) is 7. The molecule has 0 atom stereocenters. The van der Waals surface area contributed by atoms with Crippen LogP contribution in [-0.4, -0.2) is 51.4 Å². The van der Waals surface area contributed by atoms with E-state index in [9.17, 15) is 14.4 Å². The molecule has 0 aliphatic rings. The van der Waals surface area contributed by atoms with Crippen molar-refractivity contribution < 1.29 is 33.3 Å². The molecule has 0 amide bonds. The number of esters is 3. The normalized spacial score (nSPS) is 8.97. The van der Waals surface area contributed by atoms with Crippen LogP contribution < -0.4 is 0 Å². The molecule has 0 N–H and O–H groups in total. The lowest BCUT2D eigenvalue weighted by molar-refractivity contribution is -0.140. The molecule has 0 aliphatic heterocycles. The standard InChI is InChI=1S/C8H14O3.C8H14O2.C7H12O2/c1-7(2)8(9)11-6-4-5-10-3;1-4-5-6-10-8(9)7(2)3;1-3-5-6-9-7(8)4-2/h1,4-6H2,2-3H3;2,4-6H2,1,3H3;4H,2-3,5-6H2,1H3. The second kappa shape index (κ2) is 24.6. The molecule has 0 bridgehead atoms. The van der Waals surface area contributed by atoms with Gasteiger partial charge in [0.05, 0.1) is 19.8 Å². The average Bonchev–Trinajstić information content (AvgIpc) is 2.72. The second-order valence-electron chi connectivity index (χ2n) is 6.26. The van der Waals surface area contributed by atoms with Gasteiger partial charge in [0.15, 0.2) is 0 Å². The highest BCUT2D eigenvalue weighted by molar-refractivity contribution is 5.87. The van der Waals surface area contributed by atoms with Crippen LogP contribution in [0.4, 0.5) is 0 Å². The average molecular weight is 429 g/mol. The maximum Gasteiger partial charge on any atom is 0.333 e. The van der Waals surface area contributed by atoms with Gasteiger partial charge in [-0.05, 0) is 26.7 Å². The molecule has 30 heavy (non-hydrogen) atoms. The molecular weight excluding hydrogens is 388 g/mol. The Balaban J connectivity index is -0.000000366. The predicted molar refractivity (Wildman–Crippen MR) is 119 cm³/mol. The Morgan fingerprint density at radius 3 is 1.47 bits per heavy atom. The van der Waals surface area contributed by atoms with Gasteiger partial charge in [0.25, 0.3) is 0 Å². The maximum absolute atomic E-state index is 10.7. The van der Waals surface area contributed by atoms with Crippen molar-refractivity contribution >= 4 is 17.9 Å². The Morgan fingerprint density at radius 1 is 0.733 bits per heavy atom. The van der Waals surface area contributed by atoms with Crippen LogP contribution in [0.1, 0.15) is 59.8 Å². The zero-order valence-corrected chi connectivity index (χ0v) is 19.4. The highest BCUT2D eigenvalue weighted by Gasteiger charge is 2.01. The molecule has 174 valence electrons. The molecule has 0 aromatic heterocycles. The summed E-state index contributed by atoms with van der Waals surface area (Å²) in [5.41, 5.74) is 0.901. The van der Waals surface area contributed by atoms with Crippen molar-refractivity contribution in [3.05, 3.63) is 37.0 Å². The fraction of sp³-hybridized carbons (Fsp3) is 0.609. The Bertz CT molecular complexity index is 510. The van der Waals surface area contributed by atoms with E-state index in [4.69, 9.17) is 14.2 Å². The van der Waals surface area contributed by atoms with Crippen molar-refractivity contribution in [1.82, 2.24) is 0 Å². The van der Waals surface area contributed by atoms with Crippen molar-refractivity contribution in [2.45, 2.75) is 59.8 Å². The van der Waals surface area contributed by atoms with Crippen molar-refractivity contribution in [1.29, 1.82) is 0 Å². The van der Waals surface area contributed by atoms with Crippen molar-refractivity contribution in [3.8, 4) is 0 Å². The third-order valence-corrected chi connectivity index (χ3v) is 3.06. The Labute approximate surface area is 182 Å². The van der Waals surface area contributed by atoms with E-state index in [0.29, 0.717) is 37.6 Å². The number of methoxy groups -OCH3 is 1. The number of rotatable bonds is 13. The van der Waals surface area contributed by atoms with Gasteiger partial charge in [0.1, 0.15) is 0 Å². The lowest BCUT2D eigenvalue weighted by atomic mass is 10.3. The predicted octanol–water partition coefficient (Wildman–Crippen LogP) is 4.56. The first-order chi connectivity index (χ1) is 14.2. The van der Waals surface area contributed by atoms with Gasteiger partial charge in [-0.3, -0.25) is 0 Å². The minimum absolute atomic E-state index is 0.284. The van der Waals surface area contributed by atoms with Gasteiger partial charge in [-0.25, -0.2) is 14.4 Å². The number of carbonyl (C=O) groups excluding carboxylic acids is 3. The summed E-state index contributed by atoms with van der Waals surface area (Å²) in [6, 6.07) is 0. The summed E-state index contributed by atoms with van der Waals surface area (Å²) < 4.78 is 19.0. The molecule has 0 saturated heterocycles. The molecule has 0 unspecified atom stereocenters. The van der Waals surface area contributed by atoms with E-state index in [1.165, 1.54) is 6.08 Å². The van der Waals surface area contributed by atoms with Crippen LogP contribution in [0.25, 0.3) is 0 Å². The van der Waals surface area contributed by atoms with Crippen LogP contribution >= 0.6 is 0 Å². The van der Waals surface area contributed by atoms with Crippen LogP contribution in [0.3, 0.4) is 0 Å². The van der Waals surface area contributed by atoms with Gasteiger partial charge in [0, 0.05) is 37.4 Å². The molecule has 7 nitrogen and oxygen atoms in total. The molecule has 0 saturated carbocycles. The Morgan fingerprint density at radius 2 is 1.13 bits per heavy atom. The summed E-state index contributed by atoms with van der Waals surface area (Å²) in [6.45, 7) is 19.6. The number of unbranched alkanes of at least 4 members (excludes halogenated alkanes) is 2. The molecule has 0 aromatic rings. The summed E-state index contributed by atoms with van der Waals surface area (Å²) in [5, 5.41) is 0. The van der Waals surface area contributed by atoms with E-state index in [1.807, 2.05) is 6.92 Å². The largest absolute Gasteiger partial charge is 0.463 e. The van der Waals surface area contributed by atoms with Crippen LogP contribution in [0.2, 0.25) is 0 Å². The smallest absolute Gasteiger partial charge is 0.333 e. The Kier molecular flexibility index (Phi) is 26.5. The van der Waals surface area contributed by atoms with Gasteiger partial charge in [-0.15, -0.1) is 0 Å². The number of ether oxygens (including phenoxy) is 4. The molecule has 0 rings (SSSR count). The Hall–Kier alpha value is -2.41. The van der Waals surface area contributed by atoms with Crippen LogP contribution in [0.5, 0.6) is 0 Å². The number of hydrogen-bond donors (Lipinski definition) is 0. The summed E-state index contributed by atoms with van der Waals surface area (Å²) >= 11 is 0. The molecule has 0 spiro atoms. The summed E-state index contributed by atoms with van der Waals surface area (Å²) in [6.07, 6.45) is 5.86. The zero-order valence-electron chi connectivity index (χ0n) is 19.4. The van der Waals surface area contributed by atoms with Crippen molar-refractivity contribution in [2.75, 3.05) is 33.5 Å². The highest BCUT2D eigenvalue weighted by atomic mass is 16.5. The van der Waals surface area contributed by atoms with Crippen molar-refractivity contribution in [2.24, 2.45) is 0 Å². The lowest BCUT2D eigenvalue weighted by Gasteiger charge is -2.02. The zero-order chi connectivity index (χ0) is 23.8. The van der Waals surface area contributed by atoms with E-state index >= 15 is 0 Å². The van der Waals surface area contributed by atoms with Gasteiger partial charge in [-0.1, -0.05) is 46.4 Å². The fourth-order valence-corrected chi connectivity index (χ4v) is 1.30. The summed E-state index contributed by atoms with van der Waals surface area (Å²) in [7, 11) is 1.61.